The number of hydrogen-bond donors (Lipinski definition) is 2. The van der Waals surface area contributed by atoms with E-state index in [0.717, 1.165) is 6.42 Å². The number of benzene rings is 2. The van der Waals surface area contributed by atoms with E-state index in [4.69, 9.17) is 0 Å². The summed E-state index contributed by atoms with van der Waals surface area (Å²) in [6, 6.07) is 13.9. The molecule has 3 aromatic rings. The summed E-state index contributed by atoms with van der Waals surface area (Å²) in [7, 11) is 0. The lowest BCUT2D eigenvalue weighted by molar-refractivity contribution is -0.116. The van der Waals surface area contributed by atoms with Crippen molar-refractivity contribution in [3.63, 3.8) is 0 Å². The lowest BCUT2D eigenvalue weighted by Crippen LogP contribution is -2.33. The van der Waals surface area contributed by atoms with Crippen molar-refractivity contribution in [3.8, 4) is 0 Å². The van der Waals surface area contributed by atoms with Crippen molar-refractivity contribution >= 4 is 28.5 Å². The zero-order valence-corrected chi connectivity index (χ0v) is 15.8. The van der Waals surface area contributed by atoms with E-state index in [1.807, 2.05) is 19.9 Å². The lowest BCUT2D eigenvalue weighted by atomic mass is 10.1. The number of nitrogens with one attached hydrogen (secondary N) is 2. The number of nitrogens with zero attached hydrogens (tertiary/aromatic N) is 2. The molecule has 3 rings (SSSR count). The first-order valence-electron chi connectivity index (χ1n) is 9.14. The number of amides is 2. The number of para-hydroxylation sites is 3. The van der Waals surface area contributed by atoms with Crippen LogP contribution in [0.2, 0.25) is 0 Å². The van der Waals surface area contributed by atoms with Crippen LogP contribution in [-0.4, -0.2) is 27.4 Å². The summed E-state index contributed by atoms with van der Waals surface area (Å²) in [5.41, 5.74) is 1.62. The van der Waals surface area contributed by atoms with Crippen molar-refractivity contribution in [2.24, 2.45) is 0 Å². The summed E-state index contributed by atoms with van der Waals surface area (Å²) in [4.78, 5) is 41.4. The molecular weight excluding hydrogens is 356 g/mol. The number of carbonyl (C=O) groups is 2. The molecule has 0 spiro atoms. The van der Waals surface area contributed by atoms with E-state index in [9.17, 15) is 14.4 Å². The van der Waals surface area contributed by atoms with Crippen LogP contribution in [0.3, 0.4) is 0 Å². The highest BCUT2D eigenvalue weighted by Crippen LogP contribution is 2.16. The number of aromatic nitrogens is 2. The van der Waals surface area contributed by atoms with Crippen molar-refractivity contribution in [1.29, 1.82) is 0 Å². The number of rotatable bonds is 6. The number of carbonyl (C=O) groups excluding carboxylic acids is 2. The fraction of sp³-hybridized carbons (Fsp3) is 0.238. The second kappa shape index (κ2) is 8.47. The van der Waals surface area contributed by atoms with Crippen LogP contribution in [0.5, 0.6) is 0 Å². The van der Waals surface area contributed by atoms with Crippen LogP contribution >= 0.6 is 0 Å². The molecule has 2 amide bonds. The van der Waals surface area contributed by atoms with E-state index >= 15 is 0 Å². The number of anilines is 1. The highest BCUT2D eigenvalue weighted by atomic mass is 16.2. The van der Waals surface area contributed by atoms with Crippen molar-refractivity contribution in [2.45, 2.75) is 32.9 Å². The minimum atomic E-state index is -0.401. The Morgan fingerprint density at radius 1 is 1.11 bits per heavy atom. The van der Waals surface area contributed by atoms with Gasteiger partial charge in [0.1, 0.15) is 6.54 Å². The maximum atomic E-state index is 12.6. The quantitative estimate of drug-likeness (QED) is 0.689. The number of hydrogen-bond acceptors (Lipinski definition) is 4. The second-order valence-electron chi connectivity index (χ2n) is 6.55. The van der Waals surface area contributed by atoms with Crippen LogP contribution in [0.1, 0.15) is 30.6 Å². The van der Waals surface area contributed by atoms with Gasteiger partial charge in [0, 0.05) is 6.04 Å². The zero-order chi connectivity index (χ0) is 20.1. The molecule has 144 valence electrons. The summed E-state index contributed by atoms with van der Waals surface area (Å²) in [5.74, 6) is -0.654. The number of fused-ring (bicyclic) bond motifs is 1. The average molecular weight is 378 g/mol. The fourth-order valence-electron chi connectivity index (χ4n) is 2.80. The minimum Gasteiger partial charge on any atom is -0.350 e. The molecule has 1 unspecified atom stereocenters. The van der Waals surface area contributed by atoms with Crippen molar-refractivity contribution in [2.75, 3.05) is 5.32 Å². The first kappa shape index (κ1) is 19.3. The Kier molecular flexibility index (Phi) is 5.84. The Labute approximate surface area is 162 Å². The monoisotopic (exact) mass is 378 g/mol. The molecule has 1 atom stereocenters. The third-order valence-corrected chi connectivity index (χ3v) is 4.49. The molecule has 2 aromatic carbocycles. The molecule has 1 heterocycles. The Morgan fingerprint density at radius 3 is 2.61 bits per heavy atom. The van der Waals surface area contributed by atoms with E-state index < -0.39 is 5.91 Å². The van der Waals surface area contributed by atoms with Gasteiger partial charge in [-0.05, 0) is 37.6 Å². The minimum absolute atomic E-state index is 0.0259. The Balaban J connectivity index is 1.83. The molecule has 7 nitrogen and oxygen atoms in total. The molecule has 0 saturated heterocycles. The molecule has 0 aliphatic rings. The molecule has 2 N–H and O–H groups in total. The van der Waals surface area contributed by atoms with Gasteiger partial charge in [0.25, 0.3) is 11.5 Å². The maximum Gasteiger partial charge on any atom is 0.269 e. The summed E-state index contributed by atoms with van der Waals surface area (Å²) in [6.45, 7) is 3.72. The summed E-state index contributed by atoms with van der Waals surface area (Å²) >= 11 is 0. The topological polar surface area (TPSA) is 93.1 Å². The van der Waals surface area contributed by atoms with Gasteiger partial charge in [-0.1, -0.05) is 31.2 Å². The van der Waals surface area contributed by atoms with E-state index in [2.05, 4.69) is 15.6 Å². The molecule has 0 fully saturated rings. The molecule has 28 heavy (non-hydrogen) atoms. The van der Waals surface area contributed by atoms with Crippen LogP contribution in [0.15, 0.2) is 59.5 Å². The van der Waals surface area contributed by atoms with Gasteiger partial charge < -0.3 is 10.6 Å². The molecule has 0 aliphatic carbocycles. The zero-order valence-electron chi connectivity index (χ0n) is 15.8. The third-order valence-electron chi connectivity index (χ3n) is 4.49. The van der Waals surface area contributed by atoms with Gasteiger partial charge >= 0.3 is 0 Å². The van der Waals surface area contributed by atoms with Crippen LogP contribution in [0.25, 0.3) is 11.0 Å². The molecule has 1 aromatic heterocycles. The van der Waals surface area contributed by atoms with Crippen LogP contribution in [-0.2, 0) is 11.3 Å². The van der Waals surface area contributed by atoms with Gasteiger partial charge in [0.15, 0.2) is 0 Å². The van der Waals surface area contributed by atoms with Crippen molar-refractivity contribution < 1.29 is 9.59 Å². The first-order chi connectivity index (χ1) is 13.5. The smallest absolute Gasteiger partial charge is 0.269 e. The highest BCUT2D eigenvalue weighted by Gasteiger charge is 2.15. The molecule has 0 aliphatic heterocycles. The second-order valence-corrected chi connectivity index (χ2v) is 6.55. The SMILES string of the molecule is CCC(C)NC(=O)c1ccccc1NC(=O)Cn1c(=O)cnc2ccccc21. The van der Waals surface area contributed by atoms with Gasteiger partial charge in [-0.3, -0.25) is 19.0 Å². The summed E-state index contributed by atoms with van der Waals surface area (Å²) < 4.78 is 1.36. The van der Waals surface area contributed by atoms with Crippen molar-refractivity contribution in [1.82, 2.24) is 14.9 Å². The summed E-state index contributed by atoms with van der Waals surface area (Å²) in [5, 5.41) is 5.63. The normalized spacial score (nSPS) is 11.8. The Hall–Kier alpha value is -3.48. The molecule has 0 bridgehead atoms. The standard InChI is InChI=1S/C21H22N4O3/c1-3-14(2)23-21(28)15-8-4-5-9-16(15)24-19(26)13-25-18-11-7-6-10-17(18)22-12-20(25)27/h4-12,14H,3,13H2,1-2H3,(H,23,28)(H,24,26). The van der Waals surface area contributed by atoms with Gasteiger partial charge in [0.2, 0.25) is 5.91 Å². The fourth-order valence-corrected chi connectivity index (χ4v) is 2.80. The van der Waals surface area contributed by atoms with E-state index in [1.165, 1.54) is 10.8 Å². The first-order valence-corrected chi connectivity index (χ1v) is 9.14. The third kappa shape index (κ3) is 4.25. The van der Waals surface area contributed by atoms with Gasteiger partial charge in [-0.2, -0.15) is 0 Å². The predicted molar refractivity (Wildman–Crippen MR) is 108 cm³/mol. The highest BCUT2D eigenvalue weighted by molar-refractivity contribution is 6.03. The lowest BCUT2D eigenvalue weighted by Gasteiger charge is -2.15. The van der Waals surface area contributed by atoms with Crippen LogP contribution in [0.4, 0.5) is 5.69 Å². The van der Waals surface area contributed by atoms with E-state index in [-0.39, 0.29) is 24.1 Å². The van der Waals surface area contributed by atoms with Gasteiger partial charge in [-0.15, -0.1) is 0 Å². The average Bonchev–Trinajstić information content (AvgIpc) is 2.70. The van der Waals surface area contributed by atoms with Gasteiger partial charge in [-0.25, -0.2) is 4.98 Å². The molecule has 7 heteroatoms. The summed E-state index contributed by atoms with van der Waals surface area (Å²) in [6.07, 6.45) is 2.00. The van der Waals surface area contributed by atoms with Gasteiger partial charge in [0.05, 0.1) is 28.5 Å². The Bertz CT molecular complexity index is 1070. The van der Waals surface area contributed by atoms with Crippen molar-refractivity contribution in [3.05, 3.63) is 70.6 Å². The largest absolute Gasteiger partial charge is 0.350 e. The van der Waals surface area contributed by atoms with E-state index in [0.29, 0.717) is 22.3 Å². The molecular formula is C21H22N4O3. The maximum absolute atomic E-state index is 12.6. The van der Waals surface area contributed by atoms with Crippen LogP contribution in [0, 0.1) is 0 Å². The molecule has 0 radical (unpaired) electrons. The molecule has 0 saturated carbocycles. The van der Waals surface area contributed by atoms with E-state index in [1.54, 1.807) is 42.5 Å². The Morgan fingerprint density at radius 2 is 1.82 bits per heavy atom. The predicted octanol–water partition coefficient (Wildman–Crippen LogP) is 2.56. The van der Waals surface area contributed by atoms with Crippen LogP contribution < -0.4 is 16.2 Å².